The summed E-state index contributed by atoms with van der Waals surface area (Å²) in [6.45, 7) is 5.50. The van der Waals surface area contributed by atoms with E-state index in [-0.39, 0.29) is 31.6 Å². The third kappa shape index (κ3) is 4.29. The molecule has 10 atom stereocenters. The fourth-order valence-corrected chi connectivity index (χ4v) is 9.28. The molecule has 5 aliphatic rings. The smallest absolute Gasteiger partial charge is 0.341 e. The molecule has 2 saturated carbocycles. The molecular formula is C31H44O11. The lowest BCUT2D eigenvalue weighted by Gasteiger charge is -2.67. The molecule has 5 rings (SSSR count). The van der Waals surface area contributed by atoms with Crippen molar-refractivity contribution in [3.8, 4) is 0 Å². The third-order valence-electron chi connectivity index (χ3n) is 11.0. The van der Waals surface area contributed by atoms with Crippen LogP contribution in [0, 0.1) is 28.6 Å². The Kier molecular flexibility index (Phi) is 8.37. The minimum absolute atomic E-state index is 0.0162. The molecule has 1 spiro atoms. The molecule has 3 N–H and O–H groups in total. The van der Waals surface area contributed by atoms with E-state index in [4.69, 9.17) is 18.9 Å². The van der Waals surface area contributed by atoms with E-state index in [1.54, 1.807) is 6.92 Å². The van der Waals surface area contributed by atoms with Crippen LogP contribution in [0.3, 0.4) is 0 Å². The van der Waals surface area contributed by atoms with Gasteiger partial charge >= 0.3 is 17.9 Å². The van der Waals surface area contributed by atoms with Gasteiger partial charge in [0.15, 0.2) is 23.2 Å². The molecule has 234 valence electrons. The van der Waals surface area contributed by atoms with E-state index >= 15 is 0 Å². The van der Waals surface area contributed by atoms with Crippen LogP contribution in [0.15, 0.2) is 11.3 Å². The van der Waals surface area contributed by atoms with Crippen molar-refractivity contribution >= 4 is 23.7 Å². The van der Waals surface area contributed by atoms with Gasteiger partial charge in [0.05, 0.1) is 25.7 Å². The number of carbonyl (C=O) groups excluding carboxylic acids is 4. The second kappa shape index (κ2) is 11.3. The SMILES string of the molecule is CCCCCCCCCC(=O)OC1=C(C)[C@@H]2C[C@H]3OC(=O)[C@H](O)[C@H]4[C@]5(C(=O)OC)OC[C@]34[C@H]([C@@H](O)[C@@H]5O)[C@@]2(C)CC1=O. The van der Waals surface area contributed by atoms with Crippen molar-refractivity contribution in [3.05, 3.63) is 11.3 Å². The van der Waals surface area contributed by atoms with Crippen LogP contribution in [0.5, 0.6) is 0 Å². The maximum atomic E-state index is 13.6. The summed E-state index contributed by atoms with van der Waals surface area (Å²) < 4.78 is 22.3. The standard InChI is InChI=1S/C31H44O11/c1-5-6-7-8-9-10-11-12-20(33)42-23-16(2)17-13-19-30-15-40-31(28(38)39-4,25(30)22(35)27(37)41-19)26(36)21(34)24(30)29(17,3)14-18(23)32/h17,19,21-22,24-26,34-36H,5-15H2,1-4H3/t17-,19+,21+,22+,24+,25+,26-,29-,30+,31-/m0/s1. The summed E-state index contributed by atoms with van der Waals surface area (Å²) in [4.78, 5) is 52.4. The minimum Gasteiger partial charge on any atom is -0.467 e. The zero-order valence-corrected chi connectivity index (χ0v) is 24.9. The summed E-state index contributed by atoms with van der Waals surface area (Å²) in [5.41, 5.74) is -3.92. The number of methoxy groups -OCH3 is 1. The summed E-state index contributed by atoms with van der Waals surface area (Å²) in [7, 11) is 1.10. The molecule has 4 fully saturated rings. The highest BCUT2D eigenvalue weighted by Gasteiger charge is 2.84. The summed E-state index contributed by atoms with van der Waals surface area (Å²) in [5.74, 6) is -5.48. The van der Waals surface area contributed by atoms with Crippen LogP contribution in [-0.2, 0) is 38.1 Å². The number of esters is 3. The van der Waals surface area contributed by atoms with Gasteiger partial charge in [-0.1, -0.05) is 52.4 Å². The number of allylic oxidation sites excluding steroid dienone is 2. The Morgan fingerprint density at radius 2 is 1.69 bits per heavy atom. The van der Waals surface area contributed by atoms with Gasteiger partial charge in [-0.3, -0.25) is 9.59 Å². The van der Waals surface area contributed by atoms with Crippen LogP contribution >= 0.6 is 0 Å². The monoisotopic (exact) mass is 592 g/mol. The number of ketones is 1. The number of hydrogen-bond acceptors (Lipinski definition) is 11. The van der Waals surface area contributed by atoms with E-state index in [0.717, 1.165) is 26.4 Å². The number of ether oxygens (including phenoxy) is 4. The fraction of sp³-hybridized carbons (Fsp3) is 0.806. The van der Waals surface area contributed by atoms with Gasteiger partial charge in [-0.05, 0) is 36.7 Å². The van der Waals surface area contributed by atoms with Crippen molar-refractivity contribution in [3.63, 3.8) is 0 Å². The molecule has 0 aromatic rings. The Morgan fingerprint density at radius 3 is 2.36 bits per heavy atom. The second-order valence-corrected chi connectivity index (χ2v) is 13.2. The molecule has 42 heavy (non-hydrogen) atoms. The number of carbonyl (C=O) groups is 4. The molecule has 0 unspecified atom stereocenters. The van der Waals surface area contributed by atoms with Crippen molar-refractivity contribution < 1.29 is 53.4 Å². The van der Waals surface area contributed by atoms with Crippen molar-refractivity contribution in [2.45, 2.75) is 115 Å². The van der Waals surface area contributed by atoms with Crippen LogP contribution in [0.4, 0.5) is 0 Å². The van der Waals surface area contributed by atoms with Crippen LogP contribution in [0.25, 0.3) is 0 Å². The predicted octanol–water partition coefficient (Wildman–Crippen LogP) is 2.13. The Labute approximate surface area is 245 Å². The highest BCUT2D eigenvalue weighted by molar-refractivity contribution is 5.98. The van der Waals surface area contributed by atoms with E-state index in [0.29, 0.717) is 12.0 Å². The molecule has 2 bridgehead atoms. The summed E-state index contributed by atoms with van der Waals surface area (Å²) in [6, 6.07) is 0. The van der Waals surface area contributed by atoms with Gasteiger partial charge in [-0.15, -0.1) is 0 Å². The average Bonchev–Trinajstić information content (AvgIpc) is 3.26. The first-order valence-corrected chi connectivity index (χ1v) is 15.3. The Bertz CT molecular complexity index is 1160. The van der Waals surface area contributed by atoms with Gasteiger partial charge in [-0.25, -0.2) is 9.59 Å². The number of fused-ring (bicyclic) bond motifs is 2. The molecule has 3 aliphatic carbocycles. The predicted molar refractivity (Wildman–Crippen MR) is 145 cm³/mol. The lowest BCUT2D eigenvalue weighted by atomic mass is 9.38. The summed E-state index contributed by atoms with van der Waals surface area (Å²) >= 11 is 0. The molecule has 0 amide bonds. The van der Waals surface area contributed by atoms with Crippen molar-refractivity contribution in [2.24, 2.45) is 28.6 Å². The first-order valence-electron chi connectivity index (χ1n) is 15.3. The zero-order chi connectivity index (χ0) is 30.6. The molecule has 11 nitrogen and oxygen atoms in total. The van der Waals surface area contributed by atoms with Crippen molar-refractivity contribution in [2.75, 3.05) is 13.7 Å². The molecule has 0 aromatic heterocycles. The van der Waals surface area contributed by atoms with Crippen LogP contribution in [0.1, 0.15) is 85.0 Å². The number of Topliss-reactive ketones (excluding diaryl/α,β-unsaturated/α-hetero) is 1. The normalized spacial score (nSPS) is 42.0. The highest BCUT2D eigenvalue weighted by atomic mass is 16.6. The lowest BCUT2D eigenvalue weighted by molar-refractivity contribution is -0.289. The first-order chi connectivity index (χ1) is 19.9. The number of unbranched alkanes of at least 4 members (excludes halogenated alkanes) is 6. The van der Waals surface area contributed by atoms with Crippen molar-refractivity contribution in [1.82, 2.24) is 0 Å². The maximum Gasteiger partial charge on any atom is 0.341 e. The molecule has 0 aromatic carbocycles. The van der Waals surface area contributed by atoms with E-state index in [1.165, 1.54) is 19.3 Å². The Morgan fingerprint density at radius 1 is 1.02 bits per heavy atom. The Balaban J connectivity index is 1.43. The van der Waals surface area contributed by atoms with Crippen LogP contribution in [0.2, 0.25) is 0 Å². The third-order valence-corrected chi connectivity index (χ3v) is 11.0. The molecule has 2 saturated heterocycles. The van der Waals surface area contributed by atoms with Gasteiger partial charge in [0.25, 0.3) is 0 Å². The van der Waals surface area contributed by atoms with Crippen LogP contribution in [-0.4, -0.2) is 82.7 Å². The van der Waals surface area contributed by atoms with E-state index in [9.17, 15) is 34.5 Å². The van der Waals surface area contributed by atoms with Gasteiger partial charge < -0.3 is 34.3 Å². The minimum atomic E-state index is -2.18. The molecule has 11 heteroatoms. The lowest BCUT2D eigenvalue weighted by Crippen LogP contribution is -2.79. The second-order valence-electron chi connectivity index (χ2n) is 13.2. The quantitative estimate of drug-likeness (QED) is 0.193. The van der Waals surface area contributed by atoms with Gasteiger partial charge in [0, 0.05) is 24.2 Å². The largest absolute Gasteiger partial charge is 0.467 e. The molecular weight excluding hydrogens is 548 g/mol. The molecule has 2 heterocycles. The topological polar surface area (TPSA) is 166 Å². The van der Waals surface area contributed by atoms with Gasteiger partial charge in [0.1, 0.15) is 12.2 Å². The highest BCUT2D eigenvalue weighted by Crippen LogP contribution is 2.72. The van der Waals surface area contributed by atoms with Gasteiger partial charge in [-0.2, -0.15) is 0 Å². The number of aliphatic hydroxyl groups excluding tert-OH is 3. The number of rotatable bonds is 10. The summed E-state index contributed by atoms with van der Waals surface area (Å²) in [6.07, 6.45) is 1.48. The summed E-state index contributed by atoms with van der Waals surface area (Å²) in [5, 5.41) is 34.2. The molecule has 2 aliphatic heterocycles. The van der Waals surface area contributed by atoms with Gasteiger partial charge in [0.2, 0.25) is 0 Å². The van der Waals surface area contributed by atoms with E-state index in [2.05, 4.69) is 6.92 Å². The number of hydrogen-bond donors (Lipinski definition) is 3. The zero-order valence-electron chi connectivity index (χ0n) is 24.9. The van der Waals surface area contributed by atoms with E-state index < -0.39 is 82.3 Å². The average molecular weight is 593 g/mol. The van der Waals surface area contributed by atoms with Crippen molar-refractivity contribution in [1.29, 1.82) is 0 Å². The van der Waals surface area contributed by atoms with Crippen LogP contribution < -0.4 is 0 Å². The first kappa shape index (κ1) is 31.1. The van der Waals surface area contributed by atoms with E-state index in [1.807, 2.05) is 6.92 Å². The maximum absolute atomic E-state index is 13.6. The Hall–Kier alpha value is -2.34. The fourth-order valence-electron chi connectivity index (χ4n) is 9.28. The number of aliphatic hydroxyl groups is 3. The molecule has 0 radical (unpaired) electrons.